The van der Waals surface area contributed by atoms with E-state index in [1.165, 1.54) is 32.1 Å². The number of unbranched alkanes of at least 4 members (excludes halogenated alkanes) is 5. The molecule has 28 heavy (non-hydrogen) atoms. The van der Waals surface area contributed by atoms with Gasteiger partial charge in [-0.25, -0.2) is 0 Å². The number of nitrogens with zero attached hydrogens (tertiary/aromatic N) is 1. The number of rotatable bonds is 12. The van der Waals surface area contributed by atoms with Crippen LogP contribution in [0.25, 0.3) is 10.8 Å². The molecule has 0 N–H and O–H groups in total. The van der Waals surface area contributed by atoms with E-state index in [2.05, 4.69) is 36.6 Å². The highest BCUT2D eigenvalue weighted by atomic mass is 32.1. The maximum absolute atomic E-state index is 5.93. The van der Waals surface area contributed by atoms with Gasteiger partial charge in [-0.1, -0.05) is 75.4 Å². The van der Waals surface area contributed by atoms with Crippen LogP contribution in [0.15, 0.2) is 58.9 Å². The minimum atomic E-state index is 0.259. The molecule has 0 saturated heterocycles. The highest BCUT2D eigenvalue weighted by Gasteiger charge is 2.08. The molecule has 0 radical (unpaired) electrons. The summed E-state index contributed by atoms with van der Waals surface area (Å²) in [6, 6.07) is 16.4. The number of ether oxygens (including phenoxy) is 2. The van der Waals surface area contributed by atoms with Gasteiger partial charge in [0.15, 0.2) is 6.79 Å². The van der Waals surface area contributed by atoms with Crippen molar-refractivity contribution in [3.63, 3.8) is 0 Å². The number of hydrogen-bond acceptors (Lipinski definition) is 4. The standard InChI is InChI=1S/C24H29NO2S/c1-2-3-4-5-6-9-16-26-19-27-23-15-14-20-11-7-8-13-22(20)24(23)25-18-21-12-10-17-28-21/h7-8,10-15,17-18H,2-6,9,16,19H2,1H3. The molecule has 0 atom stereocenters. The maximum Gasteiger partial charge on any atom is 0.189 e. The third-order valence-electron chi connectivity index (χ3n) is 4.67. The molecule has 3 aromatic rings. The normalized spacial score (nSPS) is 11.5. The Hall–Kier alpha value is -2.17. The van der Waals surface area contributed by atoms with Gasteiger partial charge in [0.05, 0.1) is 6.61 Å². The van der Waals surface area contributed by atoms with E-state index in [0.29, 0.717) is 0 Å². The topological polar surface area (TPSA) is 30.8 Å². The van der Waals surface area contributed by atoms with Crippen molar-refractivity contribution in [2.75, 3.05) is 13.4 Å². The first-order valence-corrected chi connectivity index (χ1v) is 11.1. The molecule has 0 aliphatic rings. The summed E-state index contributed by atoms with van der Waals surface area (Å²) in [6.45, 7) is 3.24. The van der Waals surface area contributed by atoms with Crippen molar-refractivity contribution >= 4 is 34.0 Å². The SMILES string of the molecule is CCCCCCCCOCOc1ccc2ccccc2c1N=Cc1cccs1. The van der Waals surface area contributed by atoms with Crippen LogP contribution in [0.1, 0.15) is 50.3 Å². The summed E-state index contributed by atoms with van der Waals surface area (Å²) in [6.07, 6.45) is 9.46. The first-order valence-electron chi connectivity index (χ1n) is 10.2. The molecule has 3 nitrogen and oxygen atoms in total. The molecule has 0 unspecified atom stereocenters. The fraction of sp³-hybridized carbons (Fsp3) is 0.375. The minimum Gasteiger partial charge on any atom is -0.465 e. The Morgan fingerprint density at radius 3 is 2.64 bits per heavy atom. The van der Waals surface area contributed by atoms with Gasteiger partial charge in [0.2, 0.25) is 0 Å². The zero-order valence-corrected chi connectivity index (χ0v) is 17.4. The fourth-order valence-corrected chi connectivity index (χ4v) is 3.71. The molecule has 0 fully saturated rings. The number of benzene rings is 2. The average molecular weight is 396 g/mol. The molecular weight excluding hydrogens is 366 g/mol. The lowest BCUT2D eigenvalue weighted by Crippen LogP contribution is -2.04. The predicted molar refractivity (Wildman–Crippen MR) is 120 cm³/mol. The maximum atomic E-state index is 5.93. The highest BCUT2D eigenvalue weighted by molar-refractivity contribution is 7.11. The molecule has 1 aromatic heterocycles. The quantitative estimate of drug-likeness (QED) is 0.182. The van der Waals surface area contributed by atoms with Crippen molar-refractivity contribution in [3.05, 3.63) is 58.8 Å². The van der Waals surface area contributed by atoms with E-state index in [0.717, 1.165) is 40.1 Å². The van der Waals surface area contributed by atoms with E-state index in [1.807, 2.05) is 30.5 Å². The highest BCUT2D eigenvalue weighted by Crippen LogP contribution is 2.36. The Labute approximate surface area is 172 Å². The average Bonchev–Trinajstić information content (AvgIpc) is 3.25. The van der Waals surface area contributed by atoms with E-state index in [1.54, 1.807) is 11.3 Å². The van der Waals surface area contributed by atoms with Gasteiger partial charge in [0.25, 0.3) is 0 Å². The Kier molecular flexibility index (Phi) is 8.54. The van der Waals surface area contributed by atoms with Crippen molar-refractivity contribution in [2.24, 2.45) is 4.99 Å². The second kappa shape index (κ2) is 11.6. The van der Waals surface area contributed by atoms with E-state index in [9.17, 15) is 0 Å². The van der Waals surface area contributed by atoms with Crippen LogP contribution in [-0.2, 0) is 4.74 Å². The van der Waals surface area contributed by atoms with E-state index < -0.39 is 0 Å². The lowest BCUT2D eigenvalue weighted by Gasteiger charge is -2.12. The third-order valence-corrected chi connectivity index (χ3v) is 5.47. The Bertz CT molecular complexity index is 858. The second-order valence-electron chi connectivity index (χ2n) is 6.85. The van der Waals surface area contributed by atoms with Crippen LogP contribution in [0.4, 0.5) is 5.69 Å². The van der Waals surface area contributed by atoms with Crippen molar-refractivity contribution < 1.29 is 9.47 Å². The lowest BCUT2D eigenvalue weighted by atomic mass is 10.1. The Morgan fingerprint density at radius 2 is 1.79 bits per heavy atom. The predicted octanol–water partition coefficient (Wildman–Crippen LogP) is 7.37. The summed E-state index contributed by atoms with van der Waals surface area (Å²) < 4.78 is 11.6. The minimum absolute atomic E-state index is 0.259. The molecule has 0 bridgehead atoms. The van der Waals surface area contributed by atoms with Crippen LogP contribution >= 0.6 is 11.3 Å². The van der Waals surface area contributed by atoms with Gasteiger partial charge in [-0.15, -0.1) is 11.3 Å². The summed E-state index contributed by atoms with van der Waals surface area (Å²) in [4.78, 5) is 5.86. The fourth-order valence-electron chi connectivity index (χ4n) is 3.13. The van der Waals surface area contributed by atoms with Crippen molar-refractivity contribution in [2.45, 2.75) is 45.4 Å². The third kappa shape index (κ3) is 6.18. The summed E-state index contributed by atoms with van der Waals surface area (Å²) in [5, 5.41) is 4.29. The van der Waals surface area contributed by atoms with Crippen molar-refractivity contribution in [3.8, 4) is 5.75 Å². The lowest BCUT2D eigenvalue weighted by molar-refractivity contribution is 0.0139. The molecule has 2 aromatic carbocycles. The molecule has 4 heteroatoms. The van der Waals surface area contributed by atoms with Crippen LogP contribution in [-0.4, -0.2) is 19.6 Å². The first-order chi connectivity index (χ1) is 13.9. The molecule has 1 heterocycles. The van der Waals surface area contributed by atoms with Gasteiger partial charge < -0.3 is 9.47 Å². The van der Waals surface area contributed by atoms with Crippen LogP contribution in [0, 0.1) is 0 Å². The molecule has 0 aliphatic carbocycles. The van der Waals surface area contributed by atoms with Crippen LogP contribution < -0.4 is 4.74 Å². The Morgan fingerprint density at radius 1 is 0.929 bits per heavy atom. The molecule has 148 valence electrons. The number of hydrogen-bond donors (Lipinski definition) is 0. The number of thiophene rings is 1. The largest absolute Gasteiger partial charge is 0.465 e. The number of aliphatic imine (C=N–C) groups is 1. The van der Waals surface area contributed by atoms with E-state index in [4.69, 9.17) is 14.5 Å². The van der Waals surface area contributed by atoms with Gasteiger partial charge in [-0.2, -0.15) is 0 Å². The monoisotopic (exact) mass is 395 g/mol. The smallest absolute Gasteiger partial charge is 0.189 e. The van der Waals surface area contributed by atoms with E-state index in [-0.39, 0.29) is 6.79 Å². The van der Waals surface area contributed by atoms with Crippen LogP contribution in [0.3, 0.4) is 0 Å². The molecule has 0 aliphatic heterocycles. The molecule has 0 spiro atoms. The van der Waals surface area contributed by atoms with E-state index >= 15 is 0 Å². The molecule has 3 rings (SSSR count). The van der Waals surface area contributed by atoms with Gasteiger partial charge >= 0.3 is 0 Å². The first kappa shape index (κ1) is 20.6. The van der Waals surface area contributed by atoms with Crippen LogP contribution in [0.5, 0.6) is 5.75 Å². The van der Waals surface area contributed by atoms with Gasteiger partial charge in [0.1, 0.15) is 11.4 Å². The molecule has 0 saturated carbocycles. The molecule has 0 amide bonds. The van der Waals surface area contributed by atoms with Crippen molar-refractivity contribution in [1.29, 1.82) is 0 Å². The summed E-state index contributed by atoms with van der Waals surface area (Å²) in [7, 11) is 0. The Balaban J connectivity index is 1.58. The zero-order chi connectivity index (χ0) is 19.4. The summed E-state index contributed by atoms with van der Waals surface area (Å²) in [5.41, 5.74) is 0.856. The van der Waals surface area contributed by atoms with Gasteiger partial charge in [-0.3, -0.25) is 4.99 Å². The van der Waals surface area contributed by atoms with Gasteiger partial charge in [-0.05, 0) is 29.3 Å². The van der Waals surface area contributed by atoms with Crippen LogP contribution in [0.2, 0.25) is 0 Å². The molecular formula is C24H29NO2S. The van der Waals surface area contributed by atoms with Gasteiger partial charge in [0, 0.05) is 16.5 Å². The zero-order valence-electron chi connectivity index (χ0n) is 16.6. The van der Waals surface area contributed by atoms with Crippen molar-refractivity contribution in [1.82, 2.24) is 0 Å². The second-order valence-corrected chi connectivity index (χ2v) is 7.82. The summed E-state index contributed by atoms with van der Waals surface area (Å²) in [5.74, 6) is 0.759. The summed E-state index contributed by atoms with van der Waals surface area (Å²) >= 11 is 1.67. The number of fused-ring (bicyclic) bond motifs is 1.